The van der Waals surface area contributed by atoms with Crippen LogP contribution in [0.25, 0.3) is 0 Å². The molecule has 2 aromatic rings. The minimum absolute atomic E-state index is 0.0972. The van der Waals surface area contributed by atoms with E-state index < -0.39 is 5.60 Å². The number of β-amino-alcohol motifs (C(OH)–C–C–N with tert-alkyl or cyclic N) is 1. The largest absolute Gasteiger partial charge is 0.386 e. The Labute approximate surface area is 145 Å². The van der Waals surface area contributed by atoms with E-state index in [0.29, 0.717) is 17.8 Å². The third-order valence-electron chi connectivity index (χ3n) is 4.25. The number of piperidine rings is 1. The average Bonchev–Trinajstić information content (AvgIpc) is 3.00. The van der Waals surface area contributed by atoms with Crippen LogP contribution in [-0.2, 0) is 0 Å². The molecule has 0 radical (unpaired) electrons. The molecule has 0 saturated carbocycles. The molecule has 2 aromatic heterocycles. The molecule has 7 nitrogen and oxygen atoms in total. The van der Waals surface area contributed by atoms with Crippen molar-refractivity contribution >= 4 is 23.1 Å². The molecule has 8 heteroatoms. The van der Waals surface area contributed by atoms with E-state index in [0.717, 1.165) is 24.5 Å². The summed E-state index contributed by atoms with van der Waals surface area (Å²) < 4.78 is 0. The van der Waals surface area contributed by atoms with Gasteiger partial charge < -0.3 is 14.9 Å². The summed E-state index contributed by atoms with van der Waals surface area (Å²) in [6, 6.07) is 0. The maximum Gasteiger partial charge on any atom is 0.265 e. The number of amides is 1. The Morgan fingerprint density at radius 1 is 1.46 bits per heavy atom. The third kappa shape index (κ3) is 3.54. The quantitative estimate of drug-likeness (QED) is 0.899. The van der Waals surface area contributed by atoms with Crippen LogP contribution in [0, 0.1) is 6.92 Å². The lowest BCUT2D eigenvalue weighted by Crippen LogP contribution is -2.54. The monoisotopic (exact) mass is 347 g/mol. The predicted octanol–water partition coefficient (Wildman–Crippen LogP) is 1.35. The summed E-state index contributed by atoms with van der Waals surface area (Å²) in [6.45, 7) is 3.36. The highest BCUT2D eigenvalue weighted by Gasteiger charge is 2.36. The van der Waals surface area contributed by atoms with Crippen LogP contribution < -0.4 is 4.90 Å². The standard InChI is InChI=1S/C16H21N5O2S/c1-12-14(24-11-19-12)15(22)20(2)9-16(23)4-3-7-21(10-16)13-8-17-5-6-18-13/h5-6,8,11,23H,3-4,7,9-10H2,1-2H3/t16-/m1/s1. The molecule has 1 aliphatic heterocycles. The van der Waals surface area contributed by atoms with E-state index >= 15 is 0 Å². The molecule has 1 atom stereocenters. The van der Waals surface area contributed by atoms with Crippen LogP contribution in [-0.4, -0.2) is 63.1 Å². The maximum absolute atomic E-state index is 12.5. The molecule has 24 heavy (non-hydrogen) atoms. The summed E-state index contributed by atoms with van der Waals surface area (Å²) in [5, 5.41) is 11.0. The Balaban J connectivity index is 1.69. The van der Waals surface area contributed by atoms with Crippen molar-refractivity contribution in [1.82, 2.24) is 19.9 Å². The van der Waals surface area contributed by atoms with Crippen molar-refractivity contribution in [2.45, 2.75) is 25.4 Å². The Kier molecular flexibility index (Phi) is 4.77. The van der Waals surface area contributed by atoms with Crippen LogP contribution in [0.5, 0.6) is 0 Å². The molecule has 1 N–H and O–H groups in total. The third-order valence-corrected chi connectivity index (χ3v) is 5.16. The Hall–Kier alpha value is -2.06. The maximum atomic E-state index is 12.5. The van der Waals surface area contributed by atoms with Gasteiger partial charge in [0.05, 0.1) is 29.5 Å². The van der Waals surface area contributed by atoms with Crippen molar-refractivity contribution in [1.29, 1.82) is 0 Å². The number of carbonyl (C=O) groups excluding carboxylic acids is 1. The first-order valence-corrected chi connectivity index (χ1v) is 8.75. The number of aromatic nitrogens is 3. The molecule has 3 rings (SSSR count). The minimum Gasteiger partial charge on any atom is -0.386 e. The van der Waals surface area contributed by atoms with Gasteiger partial charge in [-0.1, -0.05) is 0 Å². The molecule has 1 fully saturated rings. The second-order valence-corrected chi connectivity index (χ2v) is 7.10. The zero-order chi connectivity index (χ0) is 17.2. The van der Waals surface area contributed by atoms with E-state index in [9.17, 15) is 9.90 Å². The zero-order valence-corrected chi connectivity index (χ0v) is 14.7. The fourth-order valence-corrected chi connectivity index (χ4v) is 3.88. The molecule has 1 saturated heterocycles. The number of aryl methyl sites for hydroxylation is 1. The van der Waals surface area contributed by atoms with Crippen molar-refractivity contribution in [3.8, 4) is 0 Å². The van der Waals surface area contributed by atoms with Gasteiger partial charge in [-0.25, -0.2) is 9.97 Å². The first-order valence-electron chi connectivity index (χ1n) is 7.87. The van der Waals surface area contributed by atoms with Crippen LogP contribution in [0.1, 0.15) is 28.2 Å². The normalized spacial score (nSPS) is 20.9. The number of likely N-dealkylation sites (N-methyl/N-ethyl adjacent to an activating group) is 1. The Morgan fingerprint density at radius 3 is 2.96 bits per heavy atom. The number of thiazole rings is 1. The van der Waals surface area contributed by atoms with Crippen molar-refractivity contribution in [2.75, 3.05) is 31.6 Å². The molecule has 0 spiro atoms. The molecule has 0 aromatic carbocycles. The first kappa shape index (κ1) is 16.8. The van der Waals surface area contributed by atoms with Crippen LogP contribution in [0.3, 0.4) is 0 Å². The summed E-state index contributed by atoms with van der Waals surface area (Å²) in [5.74, 6) is 0.656. The number of anilines is 1. The van der Waals surface area contributed by atoms with Gasteiger partial charge in [-0.2, -0.15) is 0 Å². The summed E-state index contributed by atoms with van der Waals surface area (Å²) in [6.07, 6.45) is 6.47. The van der Waals surface area contributed by atoms with Gasteiger partial charge in [0.1, 0.15) is 10.7 Å². The Morgan fingerprint density at radius 2 is 2.29 bits per heavy atom. The highest BCUT2D eigenvalue weighted by molar-refractivity contribution is 7.11. The number of hydrogen-bond acceptors (Lipinski definition) is 7. The summed E-state index contributed by atoms with van der Waals surface area (Å²) in [7, 11) is 1.72. The lowest BCUT2D eigenvalue weighted by molar-refractivity contribution is -0.0000507. The molecule has 0 aliphatic carbocycles. The molecule has 1 aliphatic rings. The molecule has 3 heterocycles. The molecular weight excluding hydrogens is 326 g/mol. The number of rotatable bonds is 4. The average molecular weight is 347 g/mol. The van der Waals surface area contributed by atoms with Crippen molar-refractivity contribution in [3.05, 3.63) is 34.7 Å². The number of aliphatic hydroxyl groups is 1. The van der Waals surface area contributed by atoms with Crippen molar-refractivity contribution < 1.29 is 9.90 Å². The van der Waals surface area contributed by atoms with Gasteiger partial charge in [0.2, 0.25) is 0 Å². The van der Waals surface area contributed by atoms with Crippen LogP contribution in [0.4, 0.5) is 5.82 Å². The van der Waals surface area contributed by atoms with E-state index in [2.05, 4.69) is 15.0 Å². The number of nitrogens with zero attached hydrogens (tertiary/aromatic N) is 5. The predicted molar refractivity (Wildman–Crippen MR) is 92.2 cm³/mol. The number of hydrogen-bond donors (Lipinski definition) is 1. The van der Waals surface area contributed by atoms with Gasteiger partial charge in [-0.15, -0.1) is 11.3 Å². The number of carbonyl (C=O) groups is 1. The fraction of sp³-hybridized carbons (Fsp3) is 0.500. The topological polar surface area (TPSA) is 82.5 Å². The van der Waals surface area contributed by atoms with Crippen LogP contribution in [0.15, 0.2) is 24.1 Å². The molecular formula is C16H21N5O2S. The highest BCUT2D eigenvalue weighted by Crippen LogP contribution is 2.26. The van der Waals surface area contributed by atoms with Crippen molar-refractivity contribution in [2.24, 2.45) is 0 Å². The summed E-state index contributed by atoms with van der Waals surface area (Å²) >= 11 is 1.33. The van der Waals surface area contributed by atoms with Crippen LogP contribution in [0.2, 0.25) is 0 Å². The summed E-state index contributed by atoms with van der Waals surface area (Å²) in [4.78, 5) is 29.3. The van der Waals surface area contributed by atoms with Gasteiger partial charge in [-0.05, 0) is 19.8 Å². The van der Waals surface area contributed by atoms with E-state index in [-0.39, 0.29) is 12.5 Å². The second kappa shape index (κ2) is 6.82. The fourth-order valence-electron chi connectivity index (χ4n) is 3.09. The van der Waals surface area contributed by atoms with E-state index in [4.69, 9.17) is 0 Å². The lowest BCUT2D eigenvalue weighted by atomic mass is 9.92. The van der Waals surface area contributed by atoms with Gasteiger partial charge in [0, 0.05) is 32.5 Å². The van der Waals surface area contributed by atoms with Gasteiger partial charge in [0.15, 0.2) is 0 Å². The van der Waals surface area contributed by atoms with E-state index in [1.807, 2.05) is 11.8 Å². The van der Waals surface area contributed by atoms with Gasteiger partial charge in [0.25, 0.3) is 5.91 Å². The van der Waals surface area contributed by atoms with E-state index in [1.165, 1.54) is 11.3 Å². The smallest absolute Gasteiger partial charge is 0.265 e. The minimum atomic E-state index is -0.960. The van der Waals surface area contributed by atoms with Crippen LogP contribution >= 0.6 is 11.3 Å². The zero-order valence-electron chi connectivity index (χ0n) is 13.8. The molecule has 0 unspecified atom stereocenters. The van der Waals surface area contributed by atoms with Crippen molar-refractivity contribution in [3.63, 3.8) is 0 Å². The highest BCUT2D eigenvalue weighted by atomic mass is 32.1. The Bertz CT molecular complexity index is 708. The van der Waals surface area contributed by atoms with Gasteiger partial charge >= 0.3 is 0 Å². The molecule has 128 valence electrons. The SMILES string of the molecule is Cc1ncsc1C(=O)N(C)C[C@]1(O)CCCN(c2cnccn2)C1. The van der Waals surface area contributed by atoms with E-state index in [1.54, 1.807) is 36.0 Å². The molecule has 0 bridgehead atoms. The summed E-state index contributed by atoms with van der Waals surface area (Å²) in [5.41, 5.74) is 1.44. The lowest BCUT2D eigenvalue weighted by Gasteiger charge is -2.41. The second-order valence-electron chi connectivity index (χ2n) is 6.24. The first-order chi connectivity index (χ1) is 11.5. The molecule has 1 amide bonds. The van der Waals surface area contributed by atoms with Gasteiger partial charge in [-0.3, -0.25) is 9.78 Å².